The van der Waals surface area contributed by atoms with Crippen LogP contribution in [0.15, 0.2) is 23.9 Å². The lowest BCUT2D eigenvalue weighted by Gasteiger charge is -2.18. The van der Waals surface area contributed by atoms with Crippen LogP contribution in [-0.2, 0) is 9.36 Å². The van der Waals surface area contributed by atoms with Gasteiger partial charge in [0.1, 0.15) is 0 Å². The Morgan fingerprint density at radius 1 is 1.30 bits per heavy atom. The molecule has 0 aromatic carbocycles. The summed E-state index contributed by atoms with van der Waals surface area (Å²) in [6, 6.07) is 0. The number of allylic oxidation sites excluding steroid dienone is 3. The van der Waals surface area contributed by atoms with Gasteiger partial charge in [0, 0.05) is 12.1 Å². The molecule has 0 saturated heterocycles. The maximum Gasteiger partial charge on any atom is 0.162 e. The van der Waals surface area contributed by atoms with Gasteiger partial charge in [-0.3, -0.25) is 15.5 Å². The highest BCUT2D eigenvalue weighted by Crippen LogP contribution is 2.44. The van der Waals surface area contributed by atoms with Crippen molar-refractivity contribution >= 4 is 12.9 Å². The average molecular weight is 303 g/mol. The third kappa shape index (κ3) is 8.31. The van der Waals surface area contributed by atoms with Crippen molar-refractivity contribution in [1.82, 2.24) is 5.48 Å². The minimum atomic E-state index is -2.37. The second-order valence-corrected chi connectivity index (χ2v) is 9.16. The predicted molar refractivity (Wildman–Crippen MR) is 81.6 cm³/mol. The van der Waals surface area contributed by atoms with Crippen LogP contribution in [0.2, 0.25) is 0 Å². The van der Waals surface area contributed by atoms with E-state index in [4.69, 9.17) is 5.21 Å². The van der Waals surface area contributed by atoms with Gasteiger partial charge in [0.2, 0.25) is 0 Å². The maximum absolute atomic E-state index is 12.1. The minimum absolute atomic E-state index is 0.0811. The fourth-order valence-corrected chi connectivity index (χ4v) is 3.23. The zero-order valence-electron chi connectivity index (χ0n) is 12.7. The zero-order valence-corrected chi connectivity index (χ0v) is 13.6. The Hall–Kier alpha value is -0.900. The Balaban J connectivity index is 4.62. The van der Waals surface area contributed by atoms with E-state index in [2.05, 4.69) is 0 Å². The Labute approximate surface area is 121 Å². The molecule has 0 aliphatic rings. The van der Waals surface area contributed by atoms with E-state index in [0.29, 0.717) is 18.0 Å². The summed E-state index contributed by atoms with van der Waals surface area (Å²) in [6.45, 7) is 6.90. The molecular formula is C14H26NO4P. The molecule has 0 heterocycles. The van der Waals surface area contributed by atoms with Crippen molar-refractivity contribution in [1.29, 1.82) is 0 Å². The lowest BCUT2D eigenvalue weighted by Crippen LogP contribution is -2.23. The molecule has 0 radical (unpaired) electrons. The summed E-state index contributed by atoms with van der Waals surface area (Å²) in [6.07, 6.45) is 5.71. The summed E-state index contributed by atoms with van der Waals surface area (Å²) < 4.78 is 12.1. The number of nitrogens with one attached hydrogen (secondary N) is 1. The quantitative estimate of drug-likeness (QED) is 0.264. The monoisotopic (exact) mass is 303 g/mol. The molecular weight excluding hydrogens is 277 g/mol. The molecule has 0 atom stereocenters. The van der Waals surface area contributed by atoms with Crippen molar-refractivity contribution in [2.75, 3.05) is 18.5 Å². The van der Waals surface area contributed by atoms with Gasteiger partial charge in [0.25, 0.3) is 0 Å². The molecule has 20 heavy (non-hydrogen) atoms. The van der Waals surface area contributed by atoms with E-state index in [1.807, 2.05) is 19.3 Å². The van der Waals surface area contributed by atoms with Crippen molar-refractivity contribution in [2.24, 2.45) is 0 Å². The molecule has 0 spiro atoms. The molecule has 0 aliphatic heterocycles. The largest absolute Gasteiger partial charge is 0.390 e. The molecule has 6 heteroatoms. The first-order valence-electron chi connectivity index (χ1n) is 6.75. The number of carbonyl (C=O) groups is 1. The van der Waals surface area contributed by atoms with Crippen LogP contribution in [0, 0.1) is 0 Å². The van der Waals surface area contributed by atoms with E-state index in [0.717, 1.165) is 0 Å². The van der Waals surface area contributed by atoms with Crippen LogP contribution in [0.3, 0.4) is 0 Å². The number of carbonyl (C=O) groups excluding carboxylic acids is 1. The summed E-state index contributed by atoms with van der Waals surface area (Å²) in [5.74, 6) is -0.186. The molecule has 5 nitrogen and oxygen atoms in total. The first-order chi connectivity index (χ1) is 9.15. The Bertz CT molecular complexity index is 413. The van der Waals surface area contributed by atoms with Gasteiger partial charge in [-0.05, 0) is 38.3 Å². The zero-order chi connectivity index (χ0) is 15.8. The van der Waals surface area contributed by atoms with E-state index in [-0.39, 0.29) is 18.4 Å². The number of hydroxylamine groups is 1. The molecule has 0 fully saturated rings. The van der Waals surface area contributed by atoms with Gasteiger partial charge in [-0.1, -0.05) is 19.9 Å². The van der Waals surface area contributed by atoms with Gasteiger partial charge in [-0.15, -0.1) is 0 Å². The second kappa shape index (κ2) is 8.40. The van der Waals surface area contributed by atoms with E-state index in [1.165, 1.54) is 18.2 Å². The standard InChI is InChI=1S/C14H26NO4P/c1-5-20(19,6-2)11-13(16)9-7-8-12(15-18)10-14(3,4)17/h7-9,15,17-18H,5-6,10-11H2,1-4H3/b9-7-,12-8-. The topological polar surface area (TPSA) is 86.6 Å². The van der Waals surface area contributed by atoms with Gasteiger partial charge in [-0.25, -0.2) is 0 Å². The van der Waals surface area contributed by atoms with E-state index < -0.39 is 12.7 Å². The molecule has 0 aliphatic carbocycles. The summed E-state index contributed by atoms with van der Waals surface area (Å²) in [4.78, 5) is 11.7. The third-order valence-corrected chi connectivity index (χ3v) is 6.14. The molecule has 3 N–H and O–H groups in total. The summed E-state index contributed by atoms with van der Waals surface area (Å²) in [5.41, 5.74) is 1.43. The number of ketones is 1. The van der Waals surface area contributed by atoms with Crippen LogP contribution in [0.5, 0.6) is 0 Å². The Morgan fingerprint density at radius 3 is 2.25 bits per heavy atom. The Morgan fingerprint density at radius 2 is 1.85 bits per heavy atom. The fourth-order valence-electron chi connectivity index (χ4n) is 1.66. The fraction of sp³-hybridized carbons (Fsp3) is 0.643. The van der Waals surface area contributed by atoms with E-state index >= 15 is 0 Å². The van der Waals surface area contributed by atoms with Crippen LogP contribution in [0.25, 0.3) is 0 Å². The van der Waals surface area contributed by atoms with E-state index in [1.54, 1.807) is 13.8 Å². The third-order valence-electron chi connectivity index (χ3n) is 2.94. The molecule has 0 aromatic heterocycles. The molecule has 0 saturated carbocycles. The Kier molecular flexibility index (Phi) is 8.02. The number of hydrogen-bond acceptors (Lipinski definition) is 5. The van der Waals surface area contributed by atoms with Gasteiger partial charge in [0.15, 0.2) is 5.78 Å². The lowest BCUT2D eigenvalue weighted by atomic mass is 10.0. The smallest absolute Gasteiger partial charge is 0.162 e. The average Bonchev–Trinajstić information content (AvgIpc) is 2.35. The first kappa shape index (κ1) is 19.1. The molecule has 0 rings (SSSR count). The van der Waals surface area contributed by atoms with Crippen molar-refractivity contribution in [3.63, 3.8) is 0 Å². The summed E-state index contributed by atoms with van der Waals surface area (Å²) >= 11 is 0. The minimum Gasteiger partial charge on any atom is -0.390 e. The number of aliphatic hydroxyl groups is 1. The molecule has 116 valence electrons. The van der Waals surface area contributed by atoms with Crippen LogP contribution >= 0.6 is 7.14 Å². The highest BCUT2D eigenvalue weighted by molar-refractivity contribution is 7.64. The SMILES string of the molecule is CCP(=O)(CC)CC(=O)/C=C\C=C(\CC(C)(C)O)NO. The molecule has 0 amide bonds. The van der Waals surface area contributed by atoms with E-state index in [9.17, 15) is 14.5 Å². The second-order valence-electron chi connectivity index (χ2n) is 5.47. The normalized spacial score (nSPS) is 13.8. The van der Waals surface area contributed by atoms with Crippen molar-refractivity contribution in [3.05, 3.63) is 23.9 Å². The lowest BCUT2D eigenvalue weighted by molar-refractivity contribution is -0.112. The summed E-state index contributed by atoms with van der Waals surface area (Å²) in [5, 5.41) is 18.5. The van der Waals surface area contributed by atoms with Crippen molar-refractivity contribution in [2.45, 2.75) is 39.7 Å². The highest BCUT2D eigenvalue weighted by Gasteiger charge is 2.19. The van der Waals surface area contributed by atoms with Gasteiger partial charge < -0.3 is 9.67 Å². The van der Waals surface area contributed by atoms with Crippen LogP contribution in [0.4, 0.5) is 0 Å². The maximum atomic E-state index is 12.1. The van der Waals surface area contributed by atoms with Crippen molar-refractivity contribution in [3.8, 4) is 0 Å². The number of rotatable bonds is 9. The number of hydrogen-bond donors (Lipinski definition) is 3. The molecule has 0 aromatic rings. The van der Waals surface area contributed by atoms with Gasteiger partial charge in [0.05, 0.1) is 18.9 Å². The van der Waals surface area contributed by atoms with Crippen LogP contribution in [-0.4, -0.2) is 40.2 Å². The van der Waals surface area contributed by atoms with Gasteiger partial charge in [-0.2, -0.15) is 0 Å². The first-order valence-corrected chi connectivity index (χ1v) is 9.01. The van der Waals surface area contributed by atoms with Crippen LogP contribution in [0.1, 0.15) is 34.1 Å². The van der Waals surface area contributed by atoms with Crippen molar-refractivity contribution < 1.29 is 19.7 Å². The van der Waals surface area contributed by atoms with Crippen LogP contribution < -0.4 is 5.48 Å². The summed E-state index contributed by atoms with van der Waals surface area (Å²) in [7, 11) is -2.37. The molecule has 0 unspecified atom stereocenters. The highest BCUT2D eigenvalue weighted by atomic mass is 31.2. The predicted octanol–water partition coefficient (Wildman–Crippen LogP) is 2.54. The molecule has 0 bridgehead atoms. The van der Waals surface area contributed by atoms with Gasteiger partial charge >= 0.3 is 0 Å².